The summed E-state index contributed by atoms with van der Waals surface area (Å²) in [5.41, 5.74) is 17.0. The molecule has 0 radical (unpaired) electrons. The van der Waals surface area contributed by atoms with E-state index in [4.69, 9.17) is 69.0 Å². The van der Waals surface area contributed by atoms with Crippen LogP contribution in [0.15, 0.2) is 58.1 Å². The maximum absolute atomic E-state index is 14.2. The zero-order valence-electron chi connectivity index (χ0n) is 73.5. The molecule has 3 fully saturated rings. The molecule has 48 heteroatoms. The van der Waals surface area contributed by atoms with Gasteiger partial charge < -0.3 is 162 Å². The molecule has 15 atom stereocenters. The standard InChI is InChI=1S/C80H140N18O30/c1-52(102)91-69-59(42-55(46-99)72(112)75(69)115)88-43-56(95-81)49-124-39-36-121-33-30-118-27-23-85-63(106)16-19-80(94-66(109)13-11-9-7-5-4-6-8-10-12-62(105)84-22-26-98-67(110)14-15-68(98)111,20-17-64(107)86-24-28-119-31-34-122-37-40-125-50-57(96-82)44-89-78-70(92-53(2)103)76(116)73(113)60(47-100)127-78)21-18-65(108)87-25-29-120-32-35-123-38-41-126-51-58(97-83)45-90-79-71(93-54(3)104)77(117)74(114)61(48-101)128-79/h14-15,43-45,55,59-61,69-79,82-83,88-90,95,99-101,112-117H,4-13,16-42,46-51,81H2,1-3H3,(H,84,105)(H,85,106)(H,86,107)(H,87,108)(H,91,102)(H,92,103)(H,93,104)(H,94,109)/b56-43-,57-44-,58-45-,96-82?,97-83?/t55-,59?,60-,61-,69+,70-,71-,72+,73+,74+,75-,76-,77-,78-,79-,80?/m1/s1. The molecule has 10 amide bonds. The number of ether oxygens (including phenoxy) is 11. The van der Waals surface area contributed by atoms with Crippen molar-refractivity contribution in [2.45, 2.75) is 221 Å². The predicted octanol–water partition coefficient (Wildman–Crippen LogP) is -6.06. The van der Waals surface area contributed by atoms with Crippen molar-refractivity contribution in [3.63, 3.8) is 0 Å². The van der Waals surface area contributed by atoms with Gasteiger partial charge in [0.05, 0.1) is 150 Å². The molecule has 128 heavy (non-hydrogen) atoms. The predicted molar refractivity (Wildman–Crippen MR) is 451 cm³/mol. The van der Waals surface area contributed by atoms with E-state index in [1.54, 1.807) is 0 Å². The quantitative estimate of drug-likeness (QED) is 0.00886. The van der Waals surface area contributed by atoms with Gasteiger partial charge in [-0.15, -0.1) is 0 Å². The fourth-order valence-electron chi connectivity index (χ4n) is 13.9. The average molecular weight is 1830 g/mol. The molecule has 2 saturated heterocycles. The van der Waals surface area contributed by atoms with Crippen molar-refractivity contribution >= 4 is 59.1 Å². The number of aliphatic hydroxyl groups excluding tert-OH is 9. The zero-order chi connectivity index (χ0) is 93.9. The molecule has 48 nitrogen and oxygen atoms in total. The van der Waals surface area contributed by atoms with Crippen LogP contribution in [0.3, 0.4) is 0 Å². The summed E-state index contributed by atoms with van der Waals surface area (Å²) in [5, 5.41) is 129. The summed E-state index contributed by atoms with van der Waals surface area (Å²) in [6.07, 6.45) is -0.147. The Labute approximate surface area is 744 Å². The summed E-state index contributed by atoms with van der Waals surface area (Å²) in [6.45, 7) is 4.26. The smallest absolute Gasteiger partial charge is 0.253 e. The Morgan fingerprint density at radius 3 is 1.18 bits per heavy atom. The van der Waals surface area contributed by atoms with Crippen molar-refractivity contribution in [2.24, 2.45) is 22.0 Å². The summed E-state index contributed by atoms with van der Waals surface area (Å²) in [6, 6.07) is -3.65. The molecule has 730 valence electrons. The first-order valence-corrected chi connectivity index (χ1v) is 43.3. The van der Waals surface area contributed by atoms with Gasteiger partial charge in [-0.2, -0.15) is 10.2 Å². The Bertz CT molecular complexity index is 3300. The molecule has 0 bridgehead atoms. The molecule has 4 aliphatic rings. The van der Waals surface area contributed by atoms with E-state index in [2.05, 4.69) is 74.1 Å². The lowest BCUT2D eigenvalue weighted by Crippen LogP contribution is -2.66. The third-order valence-electron chi connectivity index (χ3n) is 20.9. The van der Waals surface area contributed by atoms with Crippen molar-refractivity contribution in [2.75, 3.05) is 171 Å². The number of imide groups is 1. The monoisotopic (exact) mass is 1830 g/mol. The van der Waals surface area contributed by atoms with E-state index < -0.39 is 157 Å². The van der Waals surface area contributed by atoms with Crippen LogP contribution in [-0.2, 0) is 100 Å². The molecule has 1 aliphatic carbocycles. The lowest BCUT2D eigenvalue weighted by molar-refractivity contribution is -0.199. The highest BCUT2D eigenvalue weighted by atomic mass is 16.6. The lowest BCUT2D eigenvalue weighted by atomic mass is 9.78. The highest BCUT2D eigenvalue weighted by Crippen LogP contribution is 2.29. The molecular weight excluding hydrogens is 1690 g/mol. The fraction of sp³-hybridized carbons (Fsp3) is 0.775. The van der Waals surface area contributed by atoms with Gasteiger partial charge in [0.2, 0.25) is 47.3 Å². The topological polar surface area (TPSA) is 700 Å². The van der Waals surface area contributed by atoms with Crippen LogP contribution in [-0.4, -0.2) is 372 Å². The summed E-state index contributed by atoms with van der Waals surface area (Å²) < 4.78 is 62.1. The van der Waals surface area contributed by atoms with Gasteiger partial charge in [0, 0.05) is 140 Å². The van der Waals surface area contributed by atoms with Gasteiger partial charge in [-0.3, -0.25) is 58.7 Å². The third-order valence-corrected chi connectivity index (χ3v) is 20.9. The van der Waals surface area contributed by atoms with E-state index in [1.165, 1.54) is 51.5 Å². The fourth-order valence-corrected chi connectivity index (χ4v) is 13.9. The van der Waals surface area contributed by atoms with Gasteiger partial charge in [-0.25, -0.2) is 11.1 Å². The number of hydrogen-bond acceptors (Lipinski definition) is 39. The van der Waals surface area contributed by atoms with Gasteiger partial charge in [-0.1, -0.05) is 38.5 Å². The Kier molecular flexibility index (Phi) is 57.5. The number of nitrogens with two attached hydrogens (primary N) is 1. The number of amides is 10. The van der Waals surface area contributed by atoms with Crippen LogP contribution in [0, 0.1) is 17.0 Å². The number of aliphatic hydroxyl groups is 9. The number of carbonyl (C=O) groups is 10. The van der Waals surface area contributed by atoms with E-state index in [0.29, 0.717) is 31.4 Å². The minimum Gasteiger partial charge on any atom is -0.396 e. The van der Waals surface area contributed by atoms with E-state index in [-0.39, 0.29) is 233 Å². The number of carbonyl (C=O) groups excluding carboxylic acids is 10. The van der Waals surface area contributed by atoms with Crippen LogP contribution in [0.1, 0.15) is 130 Å². The third kappa shape index (κ3) is 45.3. The maximum Gasteiger partial charge on any atom is 0.253 e. The molecular formula is C80H140N18O30. The number of rotatable bonds is 72. The molecule has 0 aromatic carbocycles. The Balaban J connectivity index is 1.32. The molecule has 1 saturated carbocycles. The first kappa shape index (κ1) is 112. The van der Waals surface area contributed by atoms with Gasteiger partial charge in [0.1, 0.15) is 66.2 Å². The lowest BCUT2D eigenvalue weighted by Gasteiger charge is -2.42. The van der Waals surface area contributed by atoms with Crippen LogP contribution in [0.25, 0.3) is 0 Å². The second-order valence-corrected chi connectivity index (χ2v) is 30.8. The van der Waals surface area contributed by atoms with E-state index in [1.807, 2.05) is 0 Å². The van der Waals surface area contributed by atoms with Crippen LogP contribution in [0.2, 0.25) is 0 Å². The summed E-state index contributed by atoms with van der Waals surface area (Å²) in [4.78, 5) is 128. The molecule has 3 aliphatic heterocycles. The van der Waals surface area contributed by atoms with E-state index in [0.717, 1.165) is 37.0 Å². The van der Waals surface area contributed by atoms with Crippen LogP contribution < -0.4 is 69.8 Å². The Hall–Kier alpha value is -8.58. The molecule has 0 aromatic rings. The molecule has 0 spiro atoms. The van der Waals surface area contributed by atoms with E-state index in [9.17, 15) is 93.9 Å². The summed E-state index contributed by atoms with van der Waals surface area (Å²) in [5.74, 6) is 1.08. The molecule has 3 heterocycles. The minimum absolute atomic E-state index is 0.0181. The summed E-state index contributed by atoms with van der Waals surface area (Å²) in [7, 11) is 0. The number of nitrogens with zero attached hydrogens (tertiary/aromatic N) is 3. The second kappa shape index (κ2) is 65.9. The highest BCUT2D eigenvalue weighted by molar-refractivity contribution is 6.12. The number of hydrazine groups is 1. The minimum atomic E-state index is -1.49. The Morgan fingerprint density at radius 1 is 0.445 bits per heavy atom. The van der Waals surface area contributed by atoms with Crippen LogP contribution in [0.4, 0.5) is 0 Å². The first-order valence-electron chi connectivity index (χ1n) is 43.3. The van der Waals surface area contributed by atoms with Crippen LogP contribution in [0.5, 0.6) is 0 Å². The van der Waals surface area contributed by atoms with Crippen LogP contribution >= 0.6 is 0 Å². The second-order valence-electron chi connectivity index (χ2n) is 30.8. The van der Waals surface area contributed by atoms with E-state index >= 15 is 0 Å². The van der Waals surface area contributed by atoms with Crippen molar-refractivity contribution in [3.8, 4) is 0 Å². The summed E-state index contributed by atoms with van der Waals surface area (Å²) >= 11 is 0. The van der Waals surface area contributed by atoms with Gasteiger partial charge in [-0.05, 0) is 38.5 Å². The van der Waals surface area contributed by atoms with Gasteiger partial charge in [0.15, 0.2) is 12.5 Å². The van der Waals surface area contributed by atoms with Crippen molar-refractivity contribution in [1.29, 1.82) is 11.1 Å². The number of nitrogens with one attached hydrogen (secondary N) is 14. The largest absolute Gasteiger partial charge is 0.396 e. The van der Waals surface area contributed by atoms with Gasteiger partial charge >= 0.3 is 0 Å². The molecule has 4 rings (SSSR count). The van der Waals surface area contributed by atoms with Gasteiger partial charge in [0.25, 0.3) is 11.8 Å². The highest BCUT2D eigenvalue weighted by Gasteiger charge is 2.47. The number of unbranched alkanes of at least 4 members (excludes halogenated alkanes) is 7. The maximum atomic E-state index is 14.2. The Morgan fingerprint density at radius 2 is 0.797 bits per heavy atom. The van der Waals surface area contributed by atoms with Crippen molar-refractivity contribution < 1.29 is 146 Å². The van der Waals surface area contributed by atoms with Crippen molar-refractivity contribution in [3.05, 3.63) is 47.8 Å². The molecule has 1 unspecified atom stereocenters. The normalized spacial score (nSPS) is 23.6. The first-order chi connectivity index (χ1) is 61.6. The molecule has 0 aromatic heterocycles. The SMILES string of the molecule is CC(=O)N[C@@H]1[C@@H](O)[C@@H](O)[C@@H](CO)O[C@H]1N/C=C(/COCCOCCOCCNC(=O)CCC(CCC(=O)NCCOCCOCCOC/C(=C/N[C@@H]1O[C@H](CO)[C@H](O)[C@H](O)[C@H]1NC(C)=O)N=N)(CCC(=O)NCCOCCOCCOC/C(=C/NC1C[C@H](CO)[C@H](O)[C@H](O)[C@H]1NC(C)=O)NN)NC(=O)CCCCCCCCCCC(=O)NCCN1C(=O)C=CC1=O)N=N. The average Bonchev–Trinajstić information content (AvgIpc) is 0.940. The zero-order valence-corrected chi connectivity index (χ0v) is 73.5. The van der Waals surface area contributed by atoms with Crippen molar-refractivity contribution in [1.82, 2.24) is 68.8 Å². The molecule has 25 N–H and O–H groups in total. The number of hydrogen-bond donors (Lipinski definition) is 24.